The summed E-state index contributed by atoms with van der Waals surface area (Å²) >= 11 is 6.97. The molecule has 104 valence electrons. The second-order valence-corrected chi connectivity index (χ2v) is 5.61. The topological polar surface area (TPSA) is 33.0 Å². The number of nitriles is 1. The second-order valence-electron chi connectivity index (χ2n) is 3.81. The molecule has 2 aromatic rings. The van der Waals surface area contributed by atoms with E-state index >= 15 is 0 Å². The van der Waals surface area contributed by atoms with E-state index in [0.29, 0.717) is 9.21 Å². The number of thiophene rings is 1. The van der Waals surface area contributed by atoms with Crippen LogP contribution in [-0.2, 0) is 12.8 Å². The monoisotopic (exact) mass is 317 g/mol. The van der Waals surface area contributed by atoms with Gasteiger partial charge in [-0.2, -0.15) is 18.4 Å². The molecule has 0 saturated heterocycles. The SMILES string of the molecule is N#Cc1ccc(OCc2ccc(Cl)s2)c(C(F)(F)F)c1. The summed E-state index contributed by atoms with van der Waals surface area (Å²) < 4.78 is 44.4. The molecular weight excluding hydrogens is 311 g/mol. The van der Waals surface area contributed by atoms with Gasteiger partial charge >= 0.3 is 6.18 Å². The van der Waals surface area contributed by atoms with E-state index in [4.69, 9.17) is 21.6 Å². The molecule has 0 aliphatic heterocycles. The molecule has 0 aliphatic rings. The van der Waals surface area contributed by atoms with E-state index in [1.54, 1.807) is 18.2 Å². The molecule has 2 nitrogen and oxygen atoms in total. The molecule has 0 N–H and O–H groups in total. The first-order chi connectivity index (χ1) is 9.40. The van der Waals surface area contributed by atoms with Crippen molar-refractivity contribution in [2.45, 2.75) is 12.8 Å². The summed E-state index contributed by atoms with van der Waals surface area (Å²) in [6.07, 6.45) is -4.57. The van der Waals surface area contributed by atoms with Crippen LogP contribution in [0.25, 0.3) is 0 Å². The minimum Gasteiger partial charge on any atom is -0.487 e. The largest absolute Gasteiger partial charge is 0.487 e. The maximum atomic E-state index is 12.9. The summed E-state index contributed by atoms with van der Waals surface area (Å²) in [7, 11) is 0. The van der Waals surface area contributed by atoms with Crippen LogP contribution >= 0.6 is 22.9 Å². The Hall–Kier alpha value is -1.71. The van der Waals surface area contributed by atoms with Gasteiger partial charge in [0.15, 0.2) is 0 Å². The number of hydrogen-bond donors (Lipinski definition) is 0. The molecular formula is C13H7ClF3NOS. The fourth-order valence-electron chi connectivity index (χ4n) is 1.53. The van der Waals surface area contributed by atoms with Crippen LogP contribution in [0.5, 0.6) is 5.75 Å². The highest BCUT2D eigenvalue weighted by atomic mass is 35.5. The van der Waals surface area contributed by atoms with Crippen LogP contribution in [0.1, 0.15) is 16.0 Å². The van der Waals surface area contributed by atoms with E-state index in [9.17, 15) is 13.2 Å². The first-order valence-corrected chi connectivity index (χ1v) is 6.58. The first-order valence-electron chi connectivity index (χ1n) is 5.38. The van der Waals surface area contributed by atoms with Gasteiger partial charge in [-0.05, 0) is 30.3 Å². The van der Waals surface area contributed by atoms with Crippen molar-refractivity contribution >= 4 is 22.9 Å². The zero-order valence-electron chi connectivity index (χ0n) is 9.87. The maximum Gasteiger partial charge on any atom is 0.420 e. The van der Waals surface area contributed by atoms with Crippen LogP contribution in [-0.4, -0.2) is 0 Å². The summed E-state index contributed by atoms with van der Waals surface area (Å²) in [6, 6.07) is 8.21. The molecule has 0 radical (unpaired) electrons. The van der Waals surface area contributed by atoms with Crippen molar-refractivity contribution < 1.29 is 17.9 Å². The van der Waals surface area contributed by atoms with E-state index in [1.165, 1.54) is 17.4 Å². The first kappa shape index (κ1) is 14.7. The number of halogens is 4. The lowest BCUT2D eigenvalue weighted by molar-refractivity contribution is -0.139. The van der Waals surface area contributed by atoms with Crippen LogP contribution in [0.4, 0.5) is 13.2 Å². The average Bonchev–Trinajstić information content (AvgIpc) is 2.81. The molecule has 0 bridgehead atoms. The standard InChI is InChI=1S/C13H7ClF3NOS/c14-12-4-2-9(20-12)7-19-11-3-1-8(6-18)5-10(11)13(15,16)17/h1-5H,7H2. The Kier molecular flexibility index (Phi) is 4.21. The highest BCUT2D eigenvalue weighted by molar-refractivity contribution is 7.16. The molecule has 2 rings (SSSR count). The highest BCUT2D eigenvalue weighted by Crippen LogP contribution is 2.37. The normalized spacial score (nSPS) is 11.2. The molecule has 1 aromatic carbocycles. The fraction of sp³-hybridized carbons (Fsp3) is 0.154. The third-order valence-corrected chi connectivity index (χ3v) is 3.62. The lowest BCUT2D eigenvalue weighted by Gasteiger charge is -2.13. The molecule has 0 amide bonds. The quantitative estimate of drug-likeness (QED) is 0.809. The average molecular weight is 318 g/mol. The highest BCUT2D eigenvalue weighted by Gasteiger charge is 2.34. The van der Waals surface area contributed by atoms with E-state index < -0.39 is 11.7 Å². The van der Waals surface area contributed by atoms with Crippen molar-refractivity contribution in [2.24, 2.45) is 0 Å². The number of rotatable bonds is 3. The van der Waals surface area contributed by atoms with Crippen molar-refractivity contribution in [3.63, 3.8) is 0 Å². The zero-order valence-corrected chi connectivity index (χ0v) is 11.4. The van der Waals surface area contributed by atoms with E-state index in [0.717, 1.165) is 12.1 Å². The molecule has 0 spiro atoms. The maximum absolute atomic E-state index is 12.9. The smallest absolute Gasteiger partial charge is 0.420 e. The number of alkyl halides is 3. The number of ether oxygens (including phenoxy) is 1. The molecule has 1 aromatic heterocycles. The molecule has 0 unspecified atom stereocenters. The van der Waals surface area contributed by atoms with Gasteiger partial charge in [-0.25, -0.2) is 0 Å². The Balaban J connectivity index is 2.25. The van der Waals surface area contributed by atoms with Gasteiger partial charge in [0.2, 0.25) is 0 Å². The van der Waals surface area contributed by atoms with Gasteiger partial charge < -0.3 is 4.74 Å². The zero-order chi connectivity index (χ0) is 14.8. The number of benzene rings is 1. The Bertz CT molecular complexity index is 660. The summed E-state index contributed by atoms with van der Waals surface area (Å²) in [5.41, 5.74) is -1.02. The van der Waals surface area contributed by atoms with Crippen molar-refractivity contribution in [3.05, 3.63) is 50.7 Å². The van der Waals surface area contributed by atoms with Crippen molar-refractivity contribution in [1.29, 1.82) is 5.26 Å². The number of nitrogens with zero attached hydrogens (tertiary/aromatic N) is 1. The van der Waals surface area contributed by atoms with Crippen molar-refractivity contribution in [1.82, 2.24) is 0 Å². The Labute approximate surface area is 122 Å². The van der Waals surface area contributed by atoms with Gasteiger partial charge in [-0.3, -0.25) is 0 Å². The van der Waals surface area contributed by atoms with E-state index in [-0.39, 0.29) is 17.9 Å². The molecule has 0 atom stereocenters. The van der Waals surface area contributed by atoms with Gasteiger partial charge in [0.1, 0.15) is 12.4 Å². The molecule has 7 heteroatoms. The third kappa shape index (κ3) is 3.44. The Morgan fingerprint density at radius 1 is 1.25 bits per heavy atom. The molecule has 0 saturated carbocycles. The summed E-state index contributed by atoms with van der Waals surface area (Å²) in [6.45, 7) is -0.00757. The number of hydrogen-bond acceptors (Lipinski definition) is 3. The summed E-state index contributed by atoms with van der Waals surface area (Å²) in [5, 5.41) is 8.66. The van der Waals surface area contributed by atoms with Gasteiger partial charge in [0, 0.05) is 4.88 Å². The lowest BCUT2D eigenvalue weighted by atomic mass is 10.1. The predicted octanol–water partition coefficient (Wildman–Crippen LogP) is 4.87. The van der Waals surface area contributed by atoms with Gasteiger partial charge in [0.05, 0.1) is 21.5 Å². The van der Waals surface area contributed by atoms with Crippen LogP contribution in [0.15, 0.2) is 30.3 Å². The minimum atomic E-state index is -4.57. The predicted molar refractivity (Wildman–Crippen MR) is 69.8 cm³/mol. The van der Waals surface area contributed by atoms with Crippen molar-refractivity contribution in [2.75, 3.05) is 0 Å². The molecule has 0 fully saturated rings. The van der Waals surface area contributed by atoms with Gasteiger partial charge in [-0.1, -0.05) is 11.6 Å². The summed E-state index contributed by atoms with van der Waals surface area (Å²) in [4.78, 5) is 0.715. The lowest BCUT2D eigenvalue weighted by Crippen LogP contribution is -2.09. The van der Waals surface area contributed by atoms with Crippen LogP contribution in [0.3, 0.4) is 0 Å². The fourth-order valence-corrected chi connectivity index (χ4v) is 2.53. The second kappa shape index (κ2) is 5.73. The van der Waals surface area contributed by atoms with Crippen molar-refractivity contribution in [3.8, 4) is 11.8 Å². The van der Waals surface area contributed by atoms with Gasteiger partial charge in [0.25, 0.3) is 0 Å². The summed E-state index contributed by atoms with van der Waals surface area (Å²) in [5.74, 6) is -0.305. The van der Waals surface area contributed by atoms with E-state index in [2.05, 4.69) is 0 Å². The van der Waals surface area contributed by atoms with Crippen LogP contribution in [0.2, 0.25) is 4.34 Å². The van der Waals surface area contributed by atoms with Crippen LogP contribution in [0, 0.1) is 11.3 Å². The molecule has 1 heterocycles. The third-order valence-electron chi connectivity index (χ3n) is 2.41. The van der Waals surface area contributed by atoms with Gasteiger partial charge in [-0.15, -0.1) is 11.3 Å². The Morgan fingerprint density at radius 2 is 2.00 bits per heavy atom. The van der Waals surface area contributed by atoms with Crippen LogP contribution < -0.4 is 4.74 Å². The molecule has 20 heavy (non-hydrogen) atoms. The van der Waals surface area contributed by atoms with E-state index in [1.807, 2.05) is 0 Å². The molecule has 0 aliphatic carbocycles. The Morgan fingerprint density at radius 3 is 2.55 bits per heavy atom. The minimum absolute atomic E-state index is 0.00757.